The van der Waals surface area contributed by atoms with Gasteiger partial charge in [-0.15, -0.1) is 0 Å². The molecule has 2 aromatic rings. The molecular formula is C58H75AlF35N. The van der Waals surface area contributed by atoms with Crippen molar-refractivity contribution >= 4 is 13.1 Å². The van der Waals surface area contributed by atoms with E-state index < -0.39 is 232 Å². The third-order valence-electron chi connectivity index (χ3n) is 16.0. The van der Waals surface area contributed by atoms with Crippen molar-refractivity contribution in [3.8, 4) is 11.1 Å². The maximum atomic E-state index is 16.6. The minimum atomic E-state index is -13.7. The summed E-state index contributed by atoms with van der Waals surface area (Å²) in [4.78, 5) is -38.8. The van der Waals surface area contributed by atoms with E-state index >= 15 is 105 Å². The Hall–Kier alpha value is -3.52. The number of rotatable bonds is 38. The summed E-state index contributed by atoms with van der Waals surface area (Å²) in [6.45, 7) is 14.8. The van der Waals surface area contributed by atoms with Crippen molar-refractivity contribution in [2.24, 2.45) is 5.92 Å². The lowest BCUT2D eigenvalue weighted by Crippen LogP contribution is -2.96. The van der Waals surface area contributed by atoms with Gasteiger partial charge in [-0.3, -0.25) is 35.1 Å². The molecule has 0 aromatic heterocycles. The van der Waals surface area contributed by atoms with Gasteiger partial charge >= 0.3 is 66.6 Å². The van der Waals surface area contributed by atoms with Crippen LogP contribution in [0.2, 0.25) is 0 Å². The molecule has 0 heterocycles. The third-order valence-corrected chi connectivity index (χ3v) is 21.8. The first kappa shape index (κ1) is 91.5. The average molecular weight is 1480 g/mol. The van der Waals surface area contributed by atoms with Crippen LogP contribution in [-0.2, 0) is 6.18 Å². The van der Waals surface area contributed by atoms with Gasteiger partial charge in [0.2, 0.25) is 5.82 Å². The first-order chi connectivity index (χ1) is 42.9. The number of alkyl halides is 27. The normalized spacial score (nSPS) is 14.4. The van der Waals surface area contributed by atoms with E-state index in [9.17, 15) is 48.3 Å². The highest BCUT2D eigenvalue weighted by atomic mass is 27.3. The standard InChI is InChI=1S/C14H3F11.4C9H13F6.C8H19N.Al/c1-2-3(4-7(16)11(20)13(22)12(21)8(4)17)5(14(23,24)25)9(18)10(19)6(2)15;4*1-2-3-4-5-6-8(12,13)9(14,15)7(10)11;1-4-6-8(3)7-9-5-2;/h1H3;4*2-6H2,1H3;8-9H,4-7H2,1-3H3;/q;;;;;;-1/p+1. The molecule has 1 unspecified atom stereocenters. The van der Waals surface area contributed by atoms with Crippen LogP contribution in [0.3, 0.4) is 0 Å². The Morgan fingerprint density at radius 2 is 0.568 bits per heavy atom. The largest absolute Gasteiger partial charge is 0.540 e. The van der Waals surface area contributed by atoms with Crippen LogP contribution in [0.5, 0.6) is 0 Å². The van der Waals surface area contributed by atoms with Gasteiger partial charge in [0.1, 0.15) is 5.56 Å². The molecule has 0 aliphatic heterocycles. The molecule has 0 spiro atoms. The highest BCUT2D eigenvalue weighted by Gasteiger charge is 3.07. The van der Waals surface area contributed by atoms with Crippen molar-refractivity contribution in [3.05, 3.63) is 57.7 Å². The van der Waals surface area contributed by atoms with E-state index in [4.69, 9.17) is 0 Å². The maximum Gasteiger partial charge on any atom is 0.540 e. The summed E-state index contributed by atoms with van der Waals surface area (Å²) in [5, 5.41) is 2.38. The maximum absolute atomic E-state index is 16.6. The number of nitrogens with two attached hydrogens (primary N) is 1. The van der Waals surface area contributed by atoms with Gasteiger partial charge in [0, 0.05) is 37.2 Å². The van der Waals surface area contributed by atoms with Gasteiger partial charge < -0.3 is 5.32 Å². The highest BCUT2D eigenvalue weighted by molar-refractivity contribution is 6.89. The molecule has 0 amide bonds. The zero-order chi connectivity index (χ0) is 75.2. The smallest absolute Gasteiger partial charge is 0.346 e. The molecule has 2 rings (SSSR count). The number of hydrogen-bond acceptors (Lipinski definition) is 0. The van der Waals surface area contributed by atoms with Crippen molar-refractivity contribution < 1.29 is 159 Å². The minimum absolute atomic E-state index is 0.0363. The van der Waals surface area contributed by atoms with Crippen LogP contribution in [0.4, 0.5) is 154 Å². The van der Waals surface area contributed by atoms with Crippen LogP contribution < -0.4 is 5.32 Å². The Bertz CT molecular complexity index is 2460. The predicted octanol–water partition coefficient (Wildman–Crippen LogP) is 23.9. The van der Waals surface area contributed by atoms with Crippen molar-refractivity contribution in [1.29, 1.82) is 0 Å². The second kappa shape index (κ2) is 34.7. The monoisotopic (exact) mass is 1480 g/mol. The van der Waals surface area contributed by atoms with E-state index in [-0.39, 0.29) is 51.4 Å². The summed E-state index contributed by atoms with van der Waals surface area (Å²) in [6, 6.07) is 0. The molecule has 0 saturated carbocycles. The Balaban J connectivity index is 0.00000210. The molecule has 0 radical (unpaired) electrons. The zero-order valence-corrected chi connectivity index (χ0v) is 53.6. The fourth-order valence-electron chi connectivity index (χ4n) is 10.4. The Kier molecular flexibility index (Phi) is 33.4. The summed E-state index contributed by atoms with van der Waals surface area (Å²) >= 11 is -13.7. The van der Waals surface area contributed by atoms with Gasteiger partial charge in [0.15, 0.2) is 59.9 Å². The Labute approximate surface area is 528 Å². The quantitative estimate of drug-likeness (QED) is 0.0227. The summed E-state index contributed by atoms with van der Waals surface area (Å²) in [5.74, 6) is -84.2. The highest BCUT2D eigenvalue weighted by Crippen LogP contribution is 2.73. The van der Waals surface area contributed by atoms with Gasteiger partial charge in [-0.05, 0) is 51.5 Å². The van der Waals surface area contributed by atoms with Crippen molar-refractivity contribution in [2.75, 3.05) is 13.1 Å². The summed E-state index contributed by atoms with van der Waals surface area (Å²) in [5.41, 5.74) is -8.45. The van der Waals surface area contributed by atoms with Gasteiger partial charge in [0.05, 0.1) is 18.7 Å². The van der Waals surface area contributed by atoms with E-state index in [1.54, 1.807) is 0 Å². The van der Waals surface area contributed by atoms with E-state index in [0.717, 1.165) is 5.92 Å². The van der Waals surface area contributed by atoms with Gasteiger partial charge in [-0.1, -0.05) is 125 Å². The van der Waals surface area contributed by atoms with E-state index in [2.05, 4.69) is 26.1 Å². The number of unbranched alkanes of at least 4 members (excludes halogenated alkanes) is 12. The lowest BCUT2D eigenvalue weighted by Gasteiger charge is -2.61. The predicted molar refractivity (Wildman–Crippen MR) is 283 cm³/mol. The second-order valence-corrected chi connectivity index (χ2v) is 27.9. The average Bonchev–Trinajstić information content (AvgIpc) is 0.642. The SMILES string of the molecule is CCCC(C)C[NH2+]CC.CCCCCCC(F)(F)C(F)(F)[C](F)(F)[Al-]([C](F)(F)C(F)(F)C(F)(F)CCCCCC)([C](F)(F)C(F)(F)C(F)(F)CCCCCC)[C](F)(F)C(F)(F)C(F)(F)CCCCCC.Cc1c(F)c(F)c(F)c(C(F)(F)F)c1-c1c(F)c(F)c(F)c(F)c1F. The summed E-state index contributed by atoms with van der Waals surface area (Å²) < 4.78 is 526. The van der Waals surface area contributed by atoms with Crippen molar-refractivity contribution in [3.63, 3.8) is 0 Å². The molecule has 37 heteroatoms. The lowest BCUT2D eigenvalue weighted by atomic mass is 9.92. The molecule has 1 atom stereocenters. The van der Waals surface area contributed by atoms with E-state index in [0.29, 0.717) is 6.92 Å². The Morgan fingerprint density at radius 3 is 0.800 bits per heavy atom. The van der Waals surface area contributed by atoms with Crippen LogP contribution in [-0.4, -0.2) is 92.7 Å². The Morgan fingerprint density at radius 1 is 0.316 bits per heavy atom. The van der Waals surface area contributed by atoms with Crippen LogP contribution in [0.15, 0.2) is 0 Å². The number of benzene rings is 2. The van der Waals surface area contributed by atoms with Crippen molar-refractivity contribution in [1.82, 2.24) is 0 Å². The molecular weight excluding hydrogens is 1400 g/mol. The molecule has 0 fully saturated rings. The number of halogens is 35. The molecule has 0 saturated heterocycles. The first-order valence-electron chi connectivity index (χ1n) is 30.1. The first-order valence-corrected chi connectivity index (χ1v) is 32.4. The summed E-state index contributed by atoms with van der Waals surface area (Å²) in [6.07, 6.45) is -26.0. The molecule has 95 heavy (non-hydrogen) atoms. The van der Waals surface area contributed by atoms with Crippen LogP contribution in [0, 0.1) is 59.4 Å². The van der Waals surface area contributed by atoms with Gasteiger partial charge in [-0.2, -0.15) is 83.4 Å². The van der Waals surface area contributed by atoms with Gasteiger partial charge in [0.25, 0.3) is 0 Å². The fourth-order valence-corrected chi connectivity index (χ4v) is 16.1. The van der Waals surface area contributed by atoms with Gasteiger partial charge in [-0.25, -0.2) is 35.1 Å². The molecule has 0 aliphatic rings. The molecule has 2 aromatic carbocycles. The third kappa shape index (κ3) is 18.2. The zero-order valence-electron chi connectivity index (χ0n) is 52.4. The molecule has 1 nitrogen and oxygen atoms in total. The number of quaternary nitrogens is 1. The van der Waals surface area contributed by atoms with E-state index in [1.807, 2.05) is 0 Å². The molecule has 0 bridgehead atoms. The molecule has 2 N–H and O–H groups in total. The second-order valence-electron chi connectivity index (χ2n) is 23.3. The van der Waals surface area contributed by atoms with Crippen molar-refractivity contribution in [2.45, 2.75) is 269 Å². The van der Waals surface area contributed by atoms with E-state index in [1.165, 1.54) is 53.6 Å². The lowest BCUT2D eigenvalue weighted by molar-refractivity contribution is -0.657. The molecule has 0 aliphatic carbocycles. The van der Waals surface area contributed by atoms with Crippen LogP contribution in [0.25, 0.3) is 11.1 Å². The van der Waals surface area contributed by atoms with Crippen LogP contribution >= 0.6 is 0 Å². The number of hydrogen-bond donors (Lipinski definition) is 1. The van der Waals surface area contributed by atoms with Crippen LogP contribution in [0.1, 0.15) is 201 Å². The molecule has 560 valence electrons. The topological polar surface area (TPSA) is 16.6 Å². The minimum Gasteiger partial charge on any atom is -0.346 e. The fraction of sp³-hybridized carbons (Fsp3) is 0.793. The summed E-state index contributed by atoms with van der Waals surface area (Å²) in [7, 11) is 0.